The molecular formula is C19H26ClN3O2. The lowest BCUT2D eigenvalue weighted by Crippen LogP contribution is -2.44. The Bertz CT molecular complexity index is 734. The second kappa shape index (κ2) is 8.50. The van der Waals surface area contributed by atoms with Gasteiger partial charge in [-0.1, -0.05) is 25.4 Å². The van der Waals surface area contributed by atoms with Crippen molar-refractivity contribution in [2.75, 3.05) is 25.0 Å². The number of halogens is 1. The Morgan fingerprint density at radius 1 is 1.32 bits per heavy atom. The monoisotopic (exact) mass is 363 g/mol. The van der Waals surface area contributed by atoms with Crippen LogP contribution in [0.5, 0.6) is 0 Å². The number of pyridine rings is 1. The molecule has 6 heteroatoms. The van der Waals surface area contributed by atoms with Gasteiger partial charge >= 0.3 is 5.97 Å². The van der Waals surface area contributed by atoms with Gasteiger partial charge in [0.15, 0.2) is 0 Å². The average molecular weight is 364 g/mol. The molecule has 136 valence electrons. The number of aromatic nitrogens is 1. The number of aliphatic carboxylic acids is 1. The molecule has 0 bridgehead atoms. The Labute approximate surface area is 154 Å². The second-order valence-electron chi connectivity index (χ2n) is 6.41. The number of anilines is 1. The van der Waals surface area contributed by atoms with Gasteiger partial charge in [0.25, 0.3) is 0 Å². The molecule has 0 aliphatic heterocycles. The molecule has 1 atom stereocenters. The van der Waals surface area contributed by atoms with E-state index >= 15 is 0 Å². The lowest BCUT2D eigenvalue weighted by molar-refractivity contribution is -0.142. The number of rotatable bonds is 9. The number of benzene rings is 1. The molecular weight excluding hydrogens is 338 g/mol. The molecule has 0 fully saturated rings. The predicted octanol–water partition coefficient (Wildman–Crippen LogP) is 4.27. The van der Waals surface area contributed by atoms with E-state index in [0.29, 0.717) is 11.4 Å². The number of hydrogen-bond donors (Lipinski definition) is 2. The van der Waals surface area contributed by atoms with E-state index in [1.165, 1.54) is 0 Å². The van der Waals surface area contributed by atoms with Crippen LogP contribution in [0.3, 0.4) is 0 Å². The number of fused-ring (bicyclic) bond motifs is 1. The summed E-state index contributed by atoms with van der Waals surface area (Å²) in [6.07, 6.45) is 3.02. The summed E-state index contributed by atoms with van der Waals surface area (Å²) in [5.74, 6) is -0.856. The number of nitrogens with zero attached hydrogens (tertiary/aromatic N) is 2. The third-order valence-corrected chi connectivity index (χ3v) is 4.87. The fourth-order valence-electron chi connectivity index (χ4n) is 2.95. The van der Waals surface area contributed by atoms with Crippen LogP contribution in [0.1, 0.15) is 33.6 Å². The van der Waals surface area contributed by atoms with Gasteiger partial charge in [0, 0.05) is 22.3 Å². The number of carboxylic acids is 1. The molecule has 2 aromatic rings. The lowest BCUT2D eigenvalue weighted by Gasteiger charge is -2.29. The Morgan fingerprint density at radius 2 is 2.04 bits per heavy atom. The van der Waals surface area contributed by atoms with Crippen molar-refractivity contribution in [3.05, 3.63) is 35.5 Å². The Kier molecular flexibility index (Phi) is 6.62. The van der Waals surface area contributed by atoms with Crippen LogP contribution in [-0.4, -0.2) is 46.1 Å². The van der Waals surface area contributed by atoms with Gasteiger partial charge in [-0.15, -0.1) is 0 Å². The molecule has 1 aromatic carbocycles. The highest BCUT2D eigenvalue weighted by Crippen LogP contribution is 2.28. The Morgan fingerprint density at radius 3 is 2.68 bits per heavy atom. The molecule has 2 rings (SSSR count). The van der Waals surface area contributed by atoms with Crippen molar-refractivity contribution < 1.29 is 9.90 Å². The normalized spacial score (nSPS) is 13.8. The predicted molar refractivity (Wildman–Crippen MR) is 103 cm³/mol. The van der Waals surface area contributed by atoms with E-state index in [-0.39, 0.29) is 0 Å². The number of nitrogens with one attached hydrogen (secondary N) is 1. The first-order valence-corrected chi connectivity index (χ1v) is 9.05. The molecule has 0 amide bonds. The van der Waals surface area contributed by atoms with E-state index in [4.69, 9.17) is 11.6 Å². The van der Waals surface area contributed by atoms with E-state index < -0.39 is 11.5 Å². The van der Waals surface area contributed by atoms with Crippen molar-refractivity contribution in [3.8, 4) is 0 Å². The summed E-state index contributed by atoms with van der Waals surface area (Å²) in [5, 5.41) is 14.5. The fraction of sp³-hybridized carbons (Fsp3) is 0.474. The summed E-state index contributed by atoms with van der Waals surface area (Å²) >= 11 is 6.02. The molecule has 5 nitrogen and oxygen atoms in total. The first-order chi connectivity index (χ1) is 11.9. The third-order valence-electron chi connectivity index (χ3n) is 4.63. The maximum Gasteiger partial charge on any atom is 0.329 e. The smallest absolute Gasteiger partial charge is 0.329 e. The summed E-state index contributed by atoms with van der Waals surface area (Å²) in [7, 11) is 0. The summed E-state index contributed by atoms with van der Waals surface area (Å²) < 4.78 is 0. The van der Waals surface area contributed by atoms with Crippen molar-refractivity contribution in [2.45, 2.75) is 39.2 Å². The molecule has 0 saturated carbocycles. The van der Waals surface area contributed by atoms with Crippen molar-refractivity contribution >= 4 is 34.2 Å². The van der Waals surface area contributed by atoms with Gasteiger partial charge in [0.2, 0.25) is 0 Å². The zero-order valence-corrected chi connectivity index (χ0v) is 15.8. The van der Waals surface area contributed by atoms with E-state index in [9.17, 15) is 9.90 Å². The molecule has 1 aromatic heterocycles. The fourth-order valence-corrected chi connectivity index (χ4v) is 3.11. The van der Waals surface area contributed by atoms with E-state index in [0.717, 1.165) is 42.6 Å². The van der Waals surface area contributed by atoms with E-state index in [1.54, 1.807) is 25.3 Å². The quantitative estimate of drug-likeness (QED) is 0.696. The lowest BCUT2D eigenvalue weighted by atomic mass is 9.94. The first kappa shape index (κ1) is 19.5. The molecule has 0 spiro atoms. The molecule has 25 heavy (non-hydrogen) atoms. The first-order valence-electron chi connectivity index (χ1n) is 8.68. The average Bonchev–Trinajstić information content (AvgIpc) is 2.58. The summed E-state index contributed by atoms with van der Waals surface area (Å²) in [6.45, 7) is 8.82. The third kappa shape index (κ3) is 4.83. The molecule has 1 unspecified atom stereocenters. The van der Waals surface area contributed by atoms with Crippen molar-refractivity contribution in [1.29, 1.82) is 0 Å². The van der Waals surface area contributed by atoms with Crippen LogP contribution in [0.25, 0.3) is 10.9 Å². The summed E-state index contributed by atoms with van der Waals surface area (Å²) in [5.41, 5.74) is 0.462. The summed E-state index contributed by atoms with van der Waals surface area (Å²) in [6, 6.07) is 7.24. The molecule has 0 aliphatic carbocycles. The molecule has 0 aliphatic rings. The van der Waals surface area contributed by atoms with Gasteiger partial charge in [-0.2, -0.15) is 0 Å². The van der Waals surface area contributed by atoms with Gasteiger partial charge in [-0.05, 0) is 63.7 Å². The number of carbonyl (C=O) groups is 1. The largest absolute Gasteiger partial charge is 0.480 e. The van der Waals surface area contributed by atoms with Gasteiger partial charge < -0.3 is 15.3 Å². The van der Waals surface area contributed by atoms with Crippen LogP contribution < -0.4 is 5.32 Å². The summed E-state index contributed by atoms with van der Waals surface area (Å²) in [4.78, 5) is 18.5. The van der Waals surface area contributed by atoms with Gasteiger partial charge in [0.1, 0.15) is 5.54 Å². The SMILES string of the molecule is CCN(CC)CCCC(C)(Nc1ccnc2cc(Cl)ccc12)C(=O)O. The Balaban J connectivity index is 2.20. The highest BCUT2D eigenvalue weighted by molar-refractivity contribution is 6.31. The minimum absolute atomic E-state index is 0.538. The number of carboxylic acid groups (broad SMARTS) is 1. The minimum Gasteiger partial charge on any atom is -0.480 e. The van der Waals surface area contributed by atoms with Gasteiger partial charge in [-0.25, -0.2) is 4.79 Å². The van der Waals surface area contributed by atoms with Crippen LogP contribution in [0.4, 0.5) is 5.69 Å². The number of hydrogen-bond acceptors (Lipinski definition) is 4. The maximum atomic E-state index is 11.9. The Hall–Kier alpha value is -1.85. The van der Waals surface area contributed by atoms with Crippen LogP contribution in [0.15, 0.2) is 30.5 Å². The second-order valence-corrected chi connectivity index (χ2v) is 6.85. The maximum absolute atomic E-state index is 11.9. The van der Waals surface area contributed by atoms with Crippen molar-refractivity contribution in [1.82, 2.24) is 9.88 Å². The zero-order valence-electron chi connectivity index (χ0n) is 15.1. The molecule has 0 radical (unpaired) electrons. The van der Waals surface area contributed by atoms with E-state index in [1.807, 2.05) is 12.1 Å². The van der Waals surface area contributed by atoms with Crippen molar-refractivity contribution in [2.24, 2.45) is 0 Å². The van der Waals surface area contributed by atoms with Crippen LogP contribution in [0, 0.1) is 0 Å². The molecule has 2 N–H and O–H groups in total. The topological polar surface area (TPSA) is 65.5 Å². The standard InChI is InChI=1S/C19H26ClN3O2/c1-4-23(5-2)12-6-10-19(3,18(24)25)22-16-9-11-21-17-13-14(20)7-8-15(16)17/h7-9,11,13H,4-6,10,12H2,1-3H3,(H,21,22)(H,24,25). The van der Waals surface area contributed by atoms with Crippen LogP contribution in [-0.2, 0) is 4.79 Å². The van der Waals surface area contributed by atoms with Crippen molar-refractivity contribution in [3.63, 3.8) is 0 Å². The molecule has 0 saturated heterocycles. The van der Waals surface area contributed by atoms with Crippen LogP contribution >= 0.6 is 11.6 Å². The highest BCUT2D eigenvalue weighted by Gasteiger charge is 2.33. The highest BCUT2D eigenvalue weighted by atomic mass is 35.5. The van der Waals surface area contributed by atoms with Gasteiger partial charge in [-0.3, -0.25) is 4.98 Å². The zero-order chi connectivity index (χ0) is 18.4. The van der Waals surface area contributed by atoms with E-state index in [2.05, 4.69) is 29.0 Å². The minimum atomic E-state index is -1.04. The van der Waals surface area contributed by atoms with Crippen LogP contribution in [0.2, 0.25) is 5.02 Å². The molecule has 1 heterocycles. The van der Waals surface area contributed by atoms with Gasteiger partial charge in [0.05, 0.1) is 5.52 Å².